The van der Waals surface area contributed by atoms with Crippen molar-refractivity contribution in [3.63, 3.8) is 0 Å². The molecule has 2 aromatic rings. The highest BCUT2D eigenvalue weighted by atomic mass is 16.5. The molecule has 0 spiro atoms. The van der Waals surface area contributed by atoms with Crippen LogP contribution in [0.4, 0.5) is 0 Å². The number of ether oxygens (including phenoxy) is 1. The van der Waals surface area contributed by atoms with E-state index in [9.17, 15) is 4.79 Å². The summed E-state index contributed by atoms with van der Waals surface area (Å²) in [6.07, 6.45) is 6.54. The molecule has 0 atom stereocenters. The highest BCUT2D eigenvalue weighted by Crippen LogP contribution is 2.12. The van der Waals surface area contributed by atoms with Crippen molar-refractivity contribution in [2.75, 3.05) is 7.11 Å². The molecule has 19 heavy (non-hydrogen) atoms. The molecule has 4 nitrogen and oxygen atoms in total. The number of rotatable bonds is 3. The van der Waals surface area contributed by atoms with E-state index >= 15 is 0 Å². The van der Waals surface area contributed by atoms with Gasteiger partial charge in [0.25, 0.3) is 0 Å². The van der Waals surface area contributed by atoms with Crippen molar-refractivity contribution in [2.45, 2.75) is 6.92 Å². The Hall–Kier alpha value is -2.49. The highest BCUT2D eigenvalue weighted by molar-refractivity contribution is 5.93. The molecule has 0 unspecified atom stereocenters. The van der Waals surface area contributed by atoms with E-state index in [-0.39, 0.29) is 0 Å². The topological polar surface area (TPSA) is 52.1 Å². The minimum absolute atomic E-state index is 0.355. The van der Waals surface area contributed by atoms with Crippen LogP contribution in [0.2, 0.25) is 0 Å². The van der Waals surface area contributed by atoms with E-state index < -0.39 is 5.97 Å². The van der Waals surface area contributed by atoms with Crippen LogP contribution in [0.25, 0.3) is 12.2 Å². The molecule has 0 N–H and O–H groups in total. The number of aromatic nitrogens is 2. The Kier molecular flexibility index (Phi) is 4.03. The summed E-state index contributed by atoms with van der Waals surface area (Å²) in [5.74, 6) is -0.440. The van der Waals surface area contributed by atoms with Gasteiger partial charge in [-0.15, -0.1) is 0 Å². The second-order valence-electron chi connectivity index (χ2n) is 4.06. The van der Waals surface area contributed by atoms with Crippen LogP contribution in [0, 0.1) is 6.92 Å². The summed E-state index contributed by atoms with van der Waals surface area (Å²) in [7, 11) is 1.34. The molecule has 96 valence electrons. The van der Waals surface area contributed by atoms with Crippen LogP contribution in [-0.4, -0.2) is 23.0 Å². The van der Waals surface area contributed by atoms with Crippen molar-refractivity contribution in [1.82, 2.24) is 9.97 Å². The molecular weight excluding hydrogens is 240 g/mol. The van der Waals surface area contributed by atoms with Gasteiger partial charge in [0.15, 0.2) is 0 Å². The Balaban J connectivity index is 2.31. The first-order valence-corrected chi connectivity index (χ1v) is 5.84. The van der Waals surface area contributed by atoms with E-state index in [1.54, 1.807) is 6.08 Å². The van der Waals surface area contributed by atoms with Gasteiger partial charge >= 0.3 is 5.97 Å². The summed E-state index contributed by atoms with van der Waals surface area (Å²) in [5.41, 5.74) is 3.13. The van der Waals surface area contributed by atoms with Crippen LogP contribution in [0.3, 0.4) is 0 Å². The second-order valence-corrected chi connectivity index (χ2v) is 4.06. The SMILES string of the molecule is COC(=O)c1cncnc1/C=C/c1cccc(C)c1. The molecular formula is C15H14N2O2. The maximum atomic E-state index is 11.6. The van der Waals surface area contributed by atoms with E-state index in [1.807, 2.05) is 31.2 Å². The average Bonchev–Trinajstić information content (AvgIpc) is 2.45. The zero-order chi connectivity index (χ0) is 13.7. The first-order valence-electron chi connectivity index (χ1n) is 5.84. The van der Waals surface area contributed by atoms with Gasteiger partial charge in [0.05, 0.1) is 12.8 Å². The van der Waals surface area contributed by atoms with Gasteiger partial charge in [-0.1, -0.05) is 35.9 Å². The van der Waals surface area contributed by atoms with E-state index in [2.05, 4.69) is 16.0 Å². The van der Waals surface area contributed by atoms with Crippen molar-refractivity contribution < 1.29 is 9.53 Å². The van der Waals surface area contributed by atoms with E-state index in [1.165, 1.54) is 25.2 Å². The molecule has 0 aliphatic heterocycles. The number of carbonyl (C=O) groups is 1. The zero-order valence-corrected chi connectivity index (χ0v) is 10.8. The predicted octanol–water partition coefficient (Wildman–Crippen LogP) is 2.74. The van der Waals surface area contributed by atoms with Gasteiger partial charge in [-0.05, 0) is 18.6 Å². The Morgan fingerprint density at radius 2 is 2.16 bits per heavy atom. The summed E-state index contributed by atoms with van der Waals surface area (Å²) in [5, 5.41) is 0. The molecule has 0 aliphatic rings. The van der Waals surface area contributed by atoms with Gasteiger partial charge < -0.3 is 4.74 Å². The van der Waals surface area contributed by atoms with Gasteiger partial charge in [0.1, 0.15) is 11.9 Å². The third-order valence-corrected chi connectivity index (χ3v) is 2.62. The third-order valence-electron chi connectivity index (χ3n) is 2.62. The normalized spacial score (nSPS) is 10.6. The van der Waals surface area contributed by atoms with E-state index in [0.29, 0.717) is 11.3 Å². The molecule has 0 saturated carbocycles. The molecule has 1 aromatic heterocycles. The van der Waals surface area contributed by atoms with Crippen molar-refractivity contribution in [2.24, 2.45) is 0 Å². The van der Waals surface area contributed by atoms with Crippen LogP contribution in [-0.2, 0) is 4.74 Å². The van der Waals surface area contributed by atoms with Gasteiger partial charge in [-0.25, -0.2) is 14.8 Å². The highest BCUT2D eigenvalue weighted by Gasteiger charge is 2.10. The lowest BCUT2D eigenvalue weighted by Crippen LogP contribution is -2.05. The zero-order valence-electron chi connectivity index (χ0n) is 10.8. The molecule has 2 rings (SSSR count). The van der Waals surface area contributed by atoms with Gasteiger partial charge in [-0.3, -0.25) is 0 Å². The van der Waals surface area contributed by atoms with Gasteiger partial charge in [0.2, 0.25) is 0 Å². The largest absolute Gasteiger partial charge is 0.465 e. The number of methoxy groups -OCH3 is 1. The number of aryl methyl sites for hydroxylation is 1. The molecule has 1 heterocycles. The van der Waals surface area contributed by atoms with Crippen LogP contribution >= 0.6 is 0 Å². The third kappa shape index (κ3) is 3.25. The van der Waals surface area contributed by atoms with Crippen LogP contribution in [0.1, 0.15) is 27.2 Å². The van der Waals surface area contributed by atoms with Crippen LogP contribution in [0.15, 0.2) is 36.8 Å². The summed E-state index contributed by atoms with van der Waals surface area (Å²) in [4.78, 5) is 19.5. The number of hydrogen-bond donors (Lipinski definition) is 0. The molecule has 0 fully saturated rings. The number of carbonyl (C=O) groups excluding carboxylic acids is 1. The lowest BCUT2D eigenvalue weighted by Gasteiger charge is -2.01. The molecule has 0 saturated heterocycles. The minimum atomic E-state index is -0.440. The lowest BCUT2D eigenvalue weighted by atomic mass is 10.1. The molecule has 0 aliphatic carbocycles. The number of nitrogens with zero attached hydrogens (tertiary/aromatic N) is 2. The molecule has 0 amide bonds. The Morgan fingerprint density at radius 3 is 2.89 bits per heavy atom. The molecule has 1 aromatic carbocycles. The molecule has 4 heteroatoms. The van der Waals surface area contributed by atoms with Crippen molar-refractivity contribution in [3.8, 4) is 0 Å². The number of esters is 1. The standard InChI is InChI=1S/C15H14N2O2/c1-11-4-3-5-12(8-11)6-7-14-13(15(18)19-2)9-16-10-17-14/h3-10H,1-2H3/b7-6+. The number of hydrogen-bond acceptors (Lipinski definition) is 4. The fourth-order valence-electron chi connectivity index (χ4n) is 1.69. The Labute approximate surface area is 111 Å². The average molecular weight is 254 g/mol. The van der Waals surface area contributed by atoms with E-state index in [4.69, 9.17) is 4.74 Å². The lowest BCUT2D eigenvalue weighted by molar-refractivity contribution is 0.0599. The Morgan fingerprint density at radius 1 is 1.32 bits per heavy atom. The van der Waals surface area contributed by atoms with Crippen molar-refractivity contribution >= 4 is 18.1 Å². The van der Waals surface area contributed by atoms with Crippen LogP contribution in [0.5, 0.6) is 0 Å². The summed E-state index contributed by atoms with van der Waals surface area (Å²) in [6.45, 7) is 2.03. The fraction of sp³-hybridized carbons (Fsp3) is 0.133. The Bertz CT molecular complexity index is 621. The first kappa shape index (κ1) is 13.0. The second kappa shape index (κ2) is 5.91. The molecule has 0 radical (unpaired) electrons. The van der Waals surface area contributed by atoms with Crippen molar-refractivity contribution in [3.05, 3.63) is 59.2 Å². The number of benzene rings is 1. The summed E-state index contributed by atoms with van der Waals surface area (Å²) < 4.78 is 4.70. The van der Waals surface area contributed by atoms with E-state index in [0.717, 1.165) is 5.56 Å². The van der Waals surface area contributed by atoms with Crippen LogP contribution < -0.4 is 0 Å². The maximum Gasteiger partial charge on any atom is 0.341 e. The quantitative estimate of drug-likeness (QED) is 0.790. The van der Waals surface area contributed by atoms with Gasteiger partial charge in [0, 0.05) is 6.20 Å². The smallest absolute Gasteiger partial charge is 0.341 e. The monoisotopic (exact) mass is 254 g/mol. The van der Waals surface area contributed by atoms with Gasteiger partial charge in [-0.2, -0.15) is 0 Å². The summed E-state index contributed by atoms with van der Waals surface area (Å²) >= 11 is 0. The molecule has 0 bridgehead atoms. The minimum Gasteiger partial charge on any atom is -0.465 e. The fourth-order valence-corrected chi connectivity index (χ4v) is 1.69. The predicted molar refractivity (Wildman–Crippen MR) is 73.5 cm³/mol. The first-order chi connectivity index (χ1) is 9.20. The maximum absolute atomic E-state index is 11.6. The summed E-state index contributed by atoms with van der Waals surface area (Å²) in [6, 6.07) is 8.05. The van der Waals surface area contributed by atoms with Crippen molar-refractivity contribution in [1.29, 1.82) is 0 Å².